The number of aromatic nitrogens is 1. The van der Waals surface area contributed by atoms with Crippen molar-refractivity contribution in [3.05, 3.63) is 162 Å². The zero-order valence-corrected chi connectivity index (χ0v) is 27.5. The summed E-state index contributed by atoms with van der Waals surface area (Å²) in [4.78, 5) is 44.8. The van der Waals surface area contributed by atoms with E-state index in [-0.39, 0.29) is 24.4 Å². The number of nitrogens with zero attached hydrogens (tertiary/aromatic N) is 1. The number of carbonyl (C=O) groups excluding carboxylic acids is 3. The minimum atomic E-state index is -0.968. The van der Waals surface area contributed by atoms with Crippen LogP contribution in [0.1, 0.15) is 51.7 Å². The fraction of sp³-hybridized carbons (Fsp3) is 0.122. The molecule has 0 bridgehead atoms. The van der Waals surface area contributed by atoms with Crippen molar-refractivity contribution in [1.29, 1.82) is 0 Å². The molecule has 6 rings (SSSR count). The topological polar surface area (TPSA) is 109 Å². The average molecular weight is 667 g/mol. The van der Waals surface area contributed by atoms with E-state index >= 15 is 0 Å². The summed E-state index contributed by atoms with van der Waals surface area (Å²) in [6, 6.07) is 37.2. The molecule has 9 heteroatoms. The number of rotatable bonds is 11. The number of fused-ring (bicyclic) bond motifs is 1. The number of hydrogen-bond donors (Lipinski definition) is 3. The normalized spacial score (nSPS) is 11.5. The third-order valence-corrected chi connectivity index (χ3v) is 7.95. The first-order valence-electron chi connectivity index (χ1n) is 16.2. The van der Waals surface area contributed by atoms with Crippen LogP contribution in [0.3, 0.4) is 0 Å². The van der Waals surface area contributed by atoms with Crippen molar-refractivity contribution < 1.29 is 23.5 Å². The van der Waals surface area contributed by atoms with Crippen molar-refractivity contribution >= 4 is 34.4 Å². The minimum Gasteiger partial charge on any atom is -0.491 e. The molecule has 1 atom stereocenters. The van der Waals surface area contributed by atoms with Crippen LogP contribution in [-0.4, -0.2) is 28.8 Å². The standard InChI is InChI=1S/C41H35FN4O4/c1-26(2)50-33-20-14-28(15-21-33)34-10-6-7-11-35(34)40(48)45-37-23-17-30-24-31(16-22-36(30)44-37)39(47)46-38(29-8-4-3-5-9-29)41(49)43-25-27-12-18-32(42)19-13-27/h3-24,26,38H,25H2,1-2H3,(H,43,49)(H,46,47)(H,44,45,48)/t38-/m0/s1. The summed E-state index contributed by atoms with van der Waals surface area (Å²) in [6.07, 6.45) is 0.0587. The molecule has 0 spiro atoms. The van der Waals surface area contributed by atoms with Gasteiger partial charge in [-0.05, 0) is 96.8 Å². The van der Waals surface area contributed by atoms with E-state index in [2.05, 4.69) is 20.9 Å². The van der Waals surface area contributed by atoms with Gasteiger partial charge in [0.15, 0.2) is 0 Å². The van der Waals surface area contributed by atoms with Crippen LogP contribution in [0.25, 0.3) is 22.0 Å². The summed E-state index contributed by atoms with van der Waals surface area (Å²) in [6.45, 7) is 4.11. The van der Waals surface area contributed by atoms with Gasteiger partial charge in [0, 0.05) is 23.1 Å². The highest BCUT2D eigenvalue weighted by atomic mass is 19.1. The van der Waals surface area contributed by atoms with Crippen molar-refractivity contribution in [3.8, 4) is 16.9 Å². The minimum absolute atomic E-state index is 0.0587. The molecule has 1 aromatic heterocycles. The van der Waals surface area contributed by atoms with Crippen molar-refractivity contribution in [1.82, 2.24) is 15.6 Å². The fourth-order valence-electron chi connectivity index (χ4n) is 5.49. The van der Waals surface area contributed by atoms with Gasteiger partial charge in [-0.2, -0.15) is 0 Å². The van der Waals surface area contributed by atoms with Crippen LogP contribution in [0.4, 0.5) is 10.2 Å². The van der Waals surface area contributed by atoms with Crippen molar-refractivity contribution in [2.45, 2.75) is 32.5 Å². The zero-order chi connectivity index (χ0) is 35.0. The molecule has 0 aliphatic carbocycles. The first-order chi connectivity index (χ1) is 24.2. The number of carbonyl (C=O) groups is 3. The summed E-state index contributed by atoms with van der Waals surface area (Å²) >= 11 is 0. The Bertz CT molecular complexity index is 2140. The molecule has 50 heavy (non-hydrogen) atoms. The molecule has 1 heterocycles. The first kappa shape index (κ1) is 33.5. The second-order valence-corrected chi connectivity index (χ2v) is 12.0. The summed E-state index contributed by atoms with van der Waals surface area (Å²) < 4.78 is 19.1. The molecule has 0 saturated heterocycles. The number of halogens is 1. The molecule has 0 saturated carbocycles. The largest absolute Gasteiger partial charge is 0.491 e. The van der Waals surface area contributed by atoms with Gasteiger partial charge in [0.2, 0.25) is 5.91 Å². The quantitative estimate of drug-likeness (QED) is 0.130. The SMILES string of the molecule is CC(C)Oc1ccc(-c2ccccc2C(=O)Nc2ccc3cc(C(=O)N[C@H](C(=O)NCc4ccc(F)cc4)c4ccccc4)ccc3n2)cc1. The van der Waals surface area contributed by atoms with Gasteiger partial charge in [0.05, 0.1) is 11.6 Å². The molecular formula is C41H35FN4O4. The Hall–Kier alpha value is -6.35. The molecular weight excluding hydrogens is 631 g/mol. The number of amides is 3. The molecule has 5 aromatic carbocycles. The number of benzene rings is 5. The number of hydrogen-bond acceptors (Lipinski definition) is 5. The highest BCUT2D eigenvalue weighted by Crippen LogP contribution is 2.27. The zero-order valence-electron chi connectivity index (χ0n) is 27.5. The van der Waals surface area contributed by atoms with Gasteiger partial charge in [-0.25, -0.2) is 9.37 Å². The summed E-state index contributed by atoms with van der Waals surface area (Å²) in [7, 11) is 0. The molecule has 0 aliphatic heterocycles. The van der Waals surface area contributed by atoms with E-state index in [1.54, 1.807) is 72.8 Å². The van der Waals surface area contributed by atoms with Crippen LogP contribution in [0, 0.1) is 5.82 Å². The summed E-state index contributed by atoms with van der Waals surface area (Å²) in [5.41, 5.74) is 4.39. The second kappa shape index (κ2) is 15.3. The highest BCUT2D eigenvalue weighted by molar-refractivity contribution is 6.09. The van der Waals surface area contributed by atoms with Gasteiger partial charge in [-0.1, -0.05) is 72.8 Å². The maximum atomic E-state index is 13.5. The van der Waals surface area contributed by atoms with Crippen LogP contribution in [0.5, 0.6) is 5.75 Å². The number of nitrogens with one attached hydrogen (secondary N) is 3. The highest BCUT2D eigenvalue weighted by Gasteiger charge is 2.23. The van der Waals surface area contributed by atoms with Crippen LogP contribution < -0.4 is 20.7 Å². The van der Waals surface area contributed by atoms with Gasteiger partial charge in [-0.15, -0.1) is 0 Å². The monoisotopic (exact) mass is 666 g/mol. The number of ether oxygens (including phenoxy) is 1. The van der Waals surface area contributed by atoms with Gasteiger partial charge in [0.1, 0.15) is 23.4 Å². The average Bonchev–Trinajstić information content (AvgIpc) is 3.13. The Morgan fingerprint density at radius 1 is 0.760 bits per heavy atom. The molecule has 8 nitrogen and oxygen atoms in total. The second-order valence-electron chi connectivity index (χ2n) is 12.0. The maximum Gasteiger partial charge on any atom is 0.257 e. The van der Waals surface area contributed by atoms with Crippen molar-refractivity contribution in [3.63, 3.8) is 0 Å². The van der Waals surface area contributed by atoms with E-state index < -0.39 is 17.9 Å². The van der Waals surface area contributed by atoms with Crippen molar-refractivity contribution in [2.24, 2.45) is 0 Å². The van der Waals surface area contributed by atoms with E-state index in [0.29, 0.717) is 33.4 Å². The Morgan fingerprint density at radius 2 is 1.48 bits per heavy atom. The Morgan fingerprint density at radius 3 is 2.22 bits per heavy atom. The Labute approximate surface area is 289 Å². The maximum absolute atomic E-state index is 13.5. The molecule has 3 amide bonds. The number of anilines is 1. The Kier molecular flexibility index (Phi) is 10.2. The third-order valence-electron chi connectivity index (χ3n) is 7.95. The smallest absolute Gasteiger partial charge is 0.257 e. The molecule has 250 valence electrons. The van der Waals surface area contributed by atoms with E-state index in [4.69, 9.17) is 4.74 Å². The lowest BCUT2D eigenvalue weighted by molar-refractivity contribution is -0.123. The molecule has 0 aliphatic rings. The van der Waals surface area contributed by atoms with Gasteiger partial charge >= 0.3 is 0 Å². The predicted octanol–water partition coefficient (Wildman–Crippen LogP) is 7.87. The van der Waals surface area contributed by atoms with Crippen LogP contribution >= 0.6 is 0 Å². The fourth-order valence-corrected chi connectivity index (χ4v) is 5.49. The lowest BCUT2D eigenvalue weighted by atomic mass is 9.99. The molecule has 0 fully saturated rings. The van der Waals surface area contributed by atoms with Gasteiger partial charge in [0.25, 0.3) is 11.8 Å². The van der Waals surface area contributed by atoms with E-state index in [1.807, 2.05) is 62.4 Å². The number of pyridine rings is 1. The lowest BCUT2D eigenvalue weighted by Crippen LogP contribution is -2.40. The van der Waals surface area contributed by atoms with Crippen LogP contribution in [-0.2, 0) is 11.3 Å². The van der Waals surface area contributed by atoms with E-state index in [1.165, 1.54) is 12.1 Å². The lowest BCUT2D eigenvalue weighted by Gasteiger charge is -2.19. The summed E-state index contributed by atoms with van der Waals surface area (Å²) in [5, 5.41) is 9.26. The first-order valence-corrected chi connectivity index (χ1v) is 16.2. The van der Waals surface area contributed by atoms with Crippen LogP contribution in [0.2, 0.25) is 0 Å². The van der Waals surface area contributed by atoms with Crippen LogP contribution in [0.15, 0.2) is 133 Å². The summed E-state index contributed by atoms with van der Waals surface area (Å²) in [5.74, 6) is -0.414. The molecule has 0 unspecified atom stereocenters. The van der Waals surface area contributed by atoms with Crippen molar-refractivity contribution in [2.75, 3.05) is 5.32 Å². The van der Waals surface area contributed by atoms with Gasteiger partial charge in [-0.3, -0.25) is 14.4 Å². The molecule has 6 aromatic rings. The van der Waals surface area contributed by atoms with E-state index in [0.717, 1.165) is 22.4 Å². The Balaban J connectivity index is 1.15. The van der Waals surface area contributed by atoms with Gasteiger partial charge < -0.3 is 20.7 Å². The molecule has 3 N–H and O–H groups in total. The third kappa shape index (κ3) is 8.19. The predicted molar refractivity (Wildman–Crippen MR) is 192 cm³/mol. The molecule has 0 radical (unpaired) electrons. The van der Waals surface area contributed by atoms with E-state index in [9.17, 15) is 18.8 Å².